The largest absolute Gasteiger partial charge is 0.507 e. The first-order valence-electron chi connectivity index (χ1n) is 3.82. The van der Waals surface area contributed by atoms with Gasteiger partial charge in [0.05, 0.1) is 17.4 Å². The molecule has 12 heavy (non-hydrogen) atoms. The maximum atomic E-state index is 9.57. The Hall–Kier alpha value is -1.51. The van der Waals surface area contributed by atoms with Crippen LogP contribution < -0.4 is 0 Å². The summed E-state index contributed by atoms with van der Waals surface area (Å²) in [5, 5.41) is 9.57. The molecule has 1 aromatic carbocycles. The first kappa shape index (κ1) is 7.16. The lowest BCUT2D eigenvalue weighted by atomic mass is 10.1. The predicted molar refractivity (Wildman–Crippen MR) is 47.2 cm³/mol. The Morgan fingerprint density at radius 2 is 2.17 bits per heavy atom. The van der Waals surface area contributed by atoms with E-state index in [2.05, 4.69) is 9.97 Å². The fourth-order valence-electron chi connectivity index (χ4n) is 1.41. The number of hydrogen-bond acceptors (Lipinski definition) is 2. The Kier molecular flexibility index (Phi) is 1.33. The zero-order valence-electron chi connectivity index (χ0n) is 7.05. The summed E-state index contributed by atoms with van der Waals surface area (Å²) in [6.45, 7) is 3.74. The molecular formula is C9H10N2O. The van der Waals surface area contributed by atoms with Gasteiger partial charge in [-0.15, -0.1) is 0 Å². The molecule has 0 bridgehead atoms. The number of rotatable bonds is 0. The quantitative estimate of drug-likeness (QED) is 0.621. The second kappa shape index (κ2) is 2.24. The van der Waals surface area contributed by atoms with Crippen molar-refractivity contribution in [3.8, 4) is 5.75 Å². The number of hydrogen-bond donors (Lipinski definition) is 2. The fraction of sp³-hybridized carbons (Fsp3) is 0.222. The van der Waals surface area contributed by atoms with Crippen LogP contribution in [0.3, 0.4) is 0 Å². The van der Waals surface area contributed by atoms with Crippen molar-refractivity contribution < 1.29 is 5.11 Å². The minimum absolute atomic E-state index is 0.342. The zero-order valence-corrected chi connectivity index (χ0v) is 7.05. The van der Waals surface area contributed by atoms with Crippen molar-refractivity contribution in [2.24, 2.45) is 0 Å². The van der Waals surface area contributed by atoms with Crippen LogP contribution in [-0.2, 0) is 0 Å². The molecule has 3 heteroatoms. The smallest absolute Gasteiger partial charge is 0.123 e. The van der Waals surface area contributed by atoms with E-state index >= 15 is 0 Å². The third-order valence-electron chi connectivity index (χ3n) is 2.11. The molecule has 0 aliphatic carbocycles. The van der Waals surface area contributed by atoms with E-state index in [1.54, 1.807) is 6.33 Å². The number of aryl methyl sites for hydroxylation is 2. The number of nitrogens with one attached hydrogen (secondary N) is 1. The number of aromatic amines is 1. The van der Waals surface area contributed by atoms with Crippen molar-refractivity contribution in [2.45, 2.75) is 13.8 Å². The van der Waals surface area contributed by atoms with E-state index in [1.807, 2.05) is 19.9 Å². The average Bonchev–Trinajstić information content (AvgIpc) is 2.48. The van der Waals surface area contributed by atoms with Crippen molar-refractivity contribution in [3.63, 3.8) is 0 Å². The Morgan fingerprint density at radius 3 is 2.92 bits per heavy atom. The van der Waals surface area contributed by atoms with Gasteiger partial charge in [-0.25, -0.2) is 4.98 Å². The lowest BCUT2D eigenvalue weighted by Gasteiger charge is -2.02. The second-order valence-corrected chi connectivity index (χ2v) is 2.97. The number of phenolic OH excluding ortho intramolecular Hbond substituents is 1. The van der Waals surface area contributed by atoms with Gasteiger partial charge in [0.25, 0.3) is 0 Å². The average molecular weight is 162 g/mol. The molecule has 2 N–H and O–H groups in total. The first-order valence-corrected chi connectivity index (χ1v) is 3.82. The topological polar surface area (TPSA) is 48.9 Å². The minimum Gasteiger partial charge on any atom is -0.507 e. The van der Waals surface area contributed by atoms with Crippen molar-refractivity contribution in [2.75, 3.05) is 0 Å². The van der Waals surface area contributed by atoms with Gasteiger partial charge in [0.1, 0.15) is 5.75 Å². The number of phenols is 1. The molecule has 0 radical (unpaired) electrons. The lowest BCUT2D eigenvalue weighted by molar-refractivity contribution is 0.468. The molecule has 62 valence electrons. The van der Waals surface area contributed by atoms with Crippen LogP contribution in [0.2, 0.25) is 0 Å². The molecule has 1 heterocycles. The van der Waals surface area contributed by atoms with Gasteiger partial charge in [-0.05, 0) is 25.5 Å². The summed E-state index contributed by atoms with van der Waals surface area (Å²) in [5.41, 5.74) is 3.54. The highest BCUT2D eigenvalue weighted by atomic mass is 16.3. The third kappa shape index (κ3) is 0.794. The van der Waals surface area contributed by atoms with Crippen LogP contribution in [0.4, 0.5) is 0 Å². The Morgan fingerprint density at radius 1 is 1.42 bits per heavy atom. The highest BCUT2D eigenvalue weighted by Gasteiger charge is 2.07. The second-order valence-electron chi connectivity index (χ2n) is 2.97. The summed E-state index contributed by atoms with van der Waals surface area (Å²) in [6, 6.07) is 1.89. The monoisotopic (exact) mass is 162 g/mol. The van der Waals surface area contributed by atoms with Crippen LogP contribution in [-0.4, -0.2) is 15.1 Å². The molecule has 1 aromatic heterocycles. The summed E-state index contributed by atoms with van der Waals surface area (Å²) in [5.74, 6) is 0.342. The maximum absolute atomic E-state index is 9.57. The number of benzene rings is 1. The van der Waals surface area contributed by atoms with Crippen LogP contribution in [0, 0.1) is 13.8 Å². The molecule has 0 unspecified atom stereocenters. The molecule has 2 rings (SSSR count). The predicted octanol–water partition coefficient (Wildman–Crippen LogP) is 1.89. The van der Waals surface area contributed by atoms with Crippen LogP contribution in [0.15, 0.2) is 12.4 Å². The number of aromatic hydroxyl groups is 1. The molecule has 0 atom stereocenters. The molecule has 0 aliphatic rings. The first-order chi connectivity index (χ1) is 5.70. The van der Waals surface area contributed by atoms with Gasteiger partial charge in [0.2, 0.25) is 0 Å². The van der Waals surface area contributed by atoms with Crippen molar-refractivity contribution >= 4 is 11.0 Å². The molecular weight excluding hydrogens is 152 g/mol. The lowest BCUT2D eigenvalue weighted by Crippen LogP contribution is -1.82. The van der Waals surface area contributed by atoms with E-state index in [0.717, 1.165) is 22.2 Å². The standard InChI is InChI=1S/C9H10N2O/c1-5-3-7-8(11-4-10-7)6(2)9(5)12/h3-4,12H,1-2H3,(H,10,11). The summed E-state index contributed by atoms with van der Waals surface area (Å²) < 4.78 is 0. The zero-order chi connectivity index (χ0) is 8.72. The molecule has 0 saturated carbocycles. The SMILES string of the molecule is Cc1cc2[nH]cnc2c(C)c1O. The van der Waals surface area contributed by atoms with Crippen LogP contribution >= 0.6 is 0 Å². The third-order valence-corrected chi connectivity index (χ3v) is 2.11. The molecule has 2 aromatic rings. The van der Waals surface area contributed by atoms with Crippen molar-refractivity contribution in [1.82, 2.24) is 9.97 Å². The van der Waals surface area contributed by atoms with Gasteiger partial charge >= 0.3 is 0 Å². The maximum Gasteiger partial charge on any atom is 0.123 e. The highest BCUT2D eigenvalue weighted by Crippen LogP contribution is 2.27. The summed E-state index contributed by atoms with van der Waals surface area (Å²) in [7, 11) is 0. The molecule has 0 fully saturated rings. The van der Waals surface area contributed by atoms with Gasteiger partial charge in [-0.2, -0.15) is 0 Å². The van der Waals surface area contributed by atoms with Gasteiger partial charge in [-0.3, -0.25) is 0 Å². The van der Waals surface area contributed by atoms with E-state index in [-0.39, 0.29) is 0 Å². The van der Waals surface area contributed by atoms with Crippen LogP contribution in [0.25, 0.3) is 11.0 Å². The van der Waals surface area contributed by atoms with E-state index in [0.29, 0.717) is 5.75 Å². The van der Waals surface area contributed by atoms with Crippen molar-refractivity contribution in [3.05, 3.63) is 23.5 Å². The number of fused-ring (bicyclic) bond motifs is 1. The Labute approximate surface area is 70.1 Å². The van der Waals surface area contributed by atoms with Crippen LogP contribution in [0.1, 0.15) is 11.1 Å². The summed E-state index contributed by atoms with van der Waals surface area (Å²) in [6.07, 6.45) is 1.64. The number of imidazole rings is 1. The van der Waals surface area contributed by atoms with E-state index in [9.17, 15) is 5.11 Å². The molecule has 0 amide bonds. The number of aromatic nitrogens is 2. The van der Waals surface area contributed by atoms with Crippen LogP contribution in [0.5, 0.6) is 5.75 Å². The van der Waals surface area contributed by atoms with E-state index in [1.165, 1.54) is 0 Å². The normalized spacial score (nSPS) is 10.8. The van der Waals surface area contributed by atoms with Gasteiger partial charge in [0, 0.05) is 5.56 Å². The van der Waals surface area contributed by atoms with E-state index in [4.69, 9.17) is 0 Å². The van der Waals surface area contributed by atoms with Gasteiger partial charge in [0.15, 0.2) is 0 Å². The summed E-state index contributed by atoms with van der Waals surface area (Å²) >= 11 is 0. The molecule has 3 nitrogen and oxygen atoms in total. The van der Waals surface area contributed by atoms with E-state index < -0.39 is 0 Å². The number of H-pyrrole nitrogens is 1. The number of nitrogens with zero attached hydrogens (tertiary/aromatic N) is 1. The summed E-state index contributed by atoms with van der Waals surface area (Å²) in [4.78, 5) is 7.11. The van der Waals surface area contributed by atoms with Gasteiger partial charge in [-0.1, -0.05) is 0 Å². The highest BCUT2D eigenvalue weighted by molar-refractivity contribution is 5.81. The van der Waals surface area contributed by atoms with Crippen molar-refractivity contribution in [1.29, 1.82) is 0 Å². The minimum atomic E-state index is 0.342. The Balaban J connectivity index is 2.94. The van der Waals surface area contributed by atoms with Gasteiger partial charge < -0.3 is 10.1 Å². The molecule has 0 saturated heterocycles. The Bertz CT molecular complexity index is 431. The molecule has 0 spiro atoms. The fourth-order valence-corrected chi connectivity index (χ4v) is 1.41. The molecule has 0 aliphatic heterocycles.